The summed E-state index contributed by atoms with van der Waals surface area (Å²) < 4.78 is 0. The molecule has 0 saturated carbocycles. The monoisotopic (exact) mass is 287 g/mol. The summed E-state index contributed by atoms with van der Waals surface area (Å²) in [5, 5.41) is 1.27. The van der Waals surface area contributed by atoms with E-state index in [9.17, 15) is 0 Å². The number of benzene rings is 2. The van der Waals surface area contributed by atoms with E-state index in [-0.39, 0.29) is 5.41 Å². The normalized spacial score (nSPS) is 19.3. The summed E-state index contributed by atoms with van der Waals surface area (Å²) in [6, 6.07) is 19.3. The van der Waals surface area contributed by atoms with Crippen LogP contribution in [0.1, 0.15) is 44.4 Å². The van der Waals surface area contributed by atoms with Gasteiger partial charge in [-0.1, -0.05) is 69.3 Å². The summed E-state index contributed by atoms with van der Waals surface area (Å²) in [5.74, 6) is 0.525. The molecule has 22 heavy (non-hydrogen) atoms. The van der Waals surface area contributed by atoms with Crippen molar-refractivity contribution in [3.63, 3.8) is 0 Å². The van der Waals surface area contributed by atoms with Crippen LogP contribution in [0.3, 0.4) is 0 Å². The lowest BCUT2D eigenvalue weighted by Crippen LogP contribution is -2.14. The minimum absolute atomic E-state index is 0.178. The molecule has 0 N–H and O–H groups in total. The SMILES string of the molecule is C[C@@H]1CC(C)(C)c2c1nc1ccccc1c2-c1ccccc1. The molecule has 1 atom stereocenters. The second kappa shape index (κ2) is 4.67. The summed E-state index contributed by atoms with van der Waals surface area (Å²) in [6.45, 7) is 7.03. The number of nitrogens with zero attached hydrogens (tertiary/aromatic N) is 1. The van der Waals surface area contributed by atoms with Gasteiger partial charge in [-0.15, -0.1) is 0 Å². The van der Waals surface area contributed by atoms with Crippen molar-refractivity contribution in [2.75, 3.05) is 0 Å². The second-order valence-corrected chi connectivity index (χ2v) is 7.12. The number of rotatable bonds is 1. The minimum atomic E-state index is 0.178. The molecular weight excluding hydrogens is 266 g/mol. The molecule has 0 aliphatic heterocycles. The third-order valence-corrected chi connectivity index (χ3v) is 4.94. The Hall–Kier alpha value is -2.15. The predicted octanol–water partition coefficient (Wildman–Crippen LogP) is 5.69. The molecule has 2 aromatic carbocycles. The van der Waals surface area contributed by atoms with Crippen LogP contribution in [0.2, 0.25) is 0 Å². The molecule has 1 aliphatic rings. The molecule has 4 rings (SSSR count). The molecule has 0 saturated heterocycles. The van der Waals surface area contributed by atoms with E-state index in [1.807, 2.05) is 0 Å². The van der Waals surface area contributed by atoms with Gasteiger partial charge in [0, 0.05) is 11.1 Å². The predicted molar refractivity (Wildman–Crippen MR) is 93.2 cm³/mol. The molecule has 0 bridgehead atoms. The Morgan fingerprint density at radius 2 is 1.64 bits per heavy atom. The van der Waals surface area contributed by atoms with E-state index >= 15 is 0 Å². The third-order valence-electron chi connectivity index (χ3n) is 4.94. The molecule has 0 radical (unpaired) electrons. The fourth-order valence-electron chi connectivity index (χ4n) is 4.14. The Bertz CT molecular complexity index is 846. The minimum Gasteiger partial charge on any atom is -0.252 e. The summed E-state index contributed by atoms with van der Waals surface area (Å²) in [5.41, 5.74) is 6.73. The van der Waals surface area contributed by atoms with Crippen molar-refractivity contribution in [3.8, 4) is 11.1 Å². The van der Waals surface area contributed by atoms with Gasteiger partial charge in [-0.2, -0.15) is 0 Å². The van der Waals surface area contributed by atoms with Gasteiger partial charge in [0.25, 0.3) is 0 Å². The molecule has 1 heteroatoms. The van der Waals surface area contributed by atoms with Crippen LogP contribution >= 0.6 is 0 Å². The van der Waals surface area contributed by atoms with E-state index in [0.717, 1.165) is 5.52 Å². The van der Waals surface area contributed by atoms with Crippen LogP contribution in [-0.4, -0.2) is 4.98 Å². The van der Waals surface area contributed by atoms with Crippen molar-refractivity contribution in [3.05, 3.63) is 65.9 Å². The fourth-order valence-corrected chi connectivity index (χ4v) is 4.14. The molecule has 1 aromatic heterocycles. The molecule has 0 unspecified atom stereocenters. The molecule has 0 spiro atoms. The van der Waals surface area contributed by atoms with Gasteiger partial charge in [0.05, 0.1) is 5.52 Å². The molecule has 0 amide bonds. The van der Waals surface area contributed by atoms with Crippen molar-refractivity contribution < 1.29 is 0 Å². The van der Waals surface area contributed by atoms with Gasteiger partial charge in [0.1, 0.15) is 0 Å². The first-order valence-electron chi connectivity index (χ1n) is 8.06. The van der Waals surface area contributed by atoms with Crippen LogP contribution in [0.15, 0.2) is 54.6 Å². The molecule has 3 aromatic rings. The highest BCUT2D eigenvalue weighted by Crippen LogP contribution is 2.50. The zero-order valence-corrected chi connectivity index (χ0v) is 13.4. The van der Waals surface area contributed by atoms with Crippen LogP contribution in [0.25, 0.3) is 22.0 Å². The van der Waals surface area contributed by atoms with E-state index < -0.39 is 0 Å². The summed E-state index contributed by atoms with van der Waals surface area (Å²) in [4.78, 5) is 5.02. The van der Waals surface area contributed by atoms with Gasteiger partial charge in [-0.3, -0.25) is 4.98 Å². The van der Waals surface area contributed by atoms with Crippen molar-refractivity contribution in [1.82, 2.24) is 4.98 Å². The first-order chi connectivity index (χ1) is 10.6. The molecule has 1 heterocycles. The van der Waals surface area contributed by atoms with Crippen molar-refractivity contribution in [2.45, 2.75) is 38.5 Å². The van der Waals surface area contributed by atoms with E-state index in [2.05, 4.69) is 75.4 Å². The number of pyridine rings is 1. The molecule has 0 fully saturated rings. The van der Waals surface area contributed by atoms with Crippen LogP contribution in [-0.2, 0) is 5.41 Å². The Morgan fingerprint density at radius 1 is 0.955 bits per heavy atom. The Labute approximate surface area is 132 Å². The van der Waals surface area contributed by atoms with E-state index in [1.165, 1.54) is 34.2 Å². The summed E-state index contributed by atoms with van der Waals surface area (Å²) >= 11 is 0. The van der Waals surface area contributed by atoms with Crippen LogP contribution < -0.4 is 0 Å². The maximum atomic E-state index is 5.02. The zero-order valence-electron chi connectivity index (χ0n) is 13.4. The van der Waals surface area contributed by atoms with Gasteiger partial charge in [0.2, 0.25) is 0 Å². The van der Waals surface area contributed by atoms with Gasteiger partial charge < -0.3 is 0 Å². The second-order valence-electron chi connectivity index (χ2n) is 7.12. The summed E-state index contributed by atoms with van der Waals surface area (Å²) in [6.07, 6.45) is 1.17. The average molecular weight is 287 g/mol. The quantitative estimate of drug-likeness (QED) is 0.560. The number of hydrogen-bond acceptors (Lipinski definition) is 1. The highest BCUT2D eigenvalue weighted by atomic mass is 14.7. The molecule has 1 aliphatic carbocycles. The van der Waals surface area contributed by atoms with Crippen LogP contribution in [0.5, 0.6) is 0 Å². The van der Waals surface area contributed by atoms with E-state index in [0.29, 0.717) is 5.92 Å². The third kappa shape index (κ3) is 1.89. The summed E-state index contributed by atoms with van der Waals surface area (Å²) in [7, 11) is 0. The maximum absolute atomic E-state index is 5.02. The Morgan fingerprint density at radius 3 is 2.41 bits per heavy atom. The lowest BCUT2D eigenvalue weighted by molar-refractivity contribution is 0.489. The standard InChI is InChI=1S/C21H21N/c1-14-13-21(2,3)19-18(15-9-5-4-6-10-15)16-11-7-8-12-17(16)22-20(14)19/h4-12,14H,13H2,1-3H3/t14-/m1/s1. The van der Waals surface area contributed by atoms with Crippen molar-refractivity contribution in [2.24, 2.45) is 0 Å². The number of aromatic nitrogens is 1. The lowest BCUT2D eigenvalue weighted by Gasteiger charge is -2.23. The number of hydrogen-bond donors (Lipinski definition) is 0. The van der Waals surface area contributed by atoms with E-state index in [4.69, 9.17) is 4.98 Å². The van der Waals surface area contributed by atoms with Crippen molar-refractivity contribution >= 4 is 10.9 Å². The topological polar surface area (TPSA) is 12.9 Å². The largest absolute Gasteiger partial charge is 0.252 e. The number of fused-ring (bicyclic) bond motifs is 2. The fraction of sp³-hybridized carbons (Fsp3) is 0.286. The highest BCUT2D eigenvalue weighted by molar-refractivity contribution is 5.97. The number of para-hydroxylation sites is 1. The van der Waals surface area contributed by atoms with Crippen LogP contribution in [0, 0.1) is 0 Å². The first-order valence-corrected chi connectivity index (χ1v) is 8.06. The smallest absolute Gasteiger partial charge is 0.0711 e. The zero-order chi connectivity index (χ0) is 15.3. The van der Waals surface area contributed by atoms with Gasteiger partial charge in [-0.25, -0.2) is 0 Å². The van der Waals surface area contributed by atoms with Gasteiger partial charge >= 0.3 is 0 Å². The first kappa shape index (κ1) is 13.5. The molecule has 110 valence electrons. The Balaban J connectivity index is 2.18. The maximum Gasteiger partial charge on any atom is 0.0711 e. The Kier molecular flexibility index (Phi) is 2.87. The van der Waals surface area contributed by atoms with Crippen LogP contribution in [0.4, 0.5) is 0 Å². The van der Waals surface area contributed by atoms with E-state index in [1.54, 1.807) is 0 Å². The van der Waals surface area contributed by atoms with Gasteiger partial charge in [-0.05, 0) is 40.5 Å². The molecular formula is C21H21N. The molecule has 1 nitrogen and oxygen atoms in total. The lowest BCUT2D eigenvalue weighted by atomic mass is 9.81. The van der Waals surface area contributed by atoms with Gasteiger partial charge in [0.15, 0.2) is 0 Å². The highest BCUT2D eigenvalue weighted by Gasteiger charge is 2.38. The van der Waals surface area contributed by atoms with Crippen molar-refractivity contribution in [1.29, 1.82) is 0 Å². The average Bonchev–Trinajstić information content (AvgIpc) is 2.75.